The van der Waals surface area contributed by atoms with Gasteiger partial charge in [-0.15, -0.1) is 0 Å². The van der Waals surface area contributed by atoms with Gasteiger partial charge in [0.1, 0.15) is 11.8 Å². The lowest BCUT2D eigenvalue weighted by Gasteiger charge is -2.30. The van der Waals surface area contributed by atoms with Gasteiger partial charge >= 0.3 is 0 Å². The first-order chi connectivity index (χ1) is 13.8. The molecule has 0 aliphatic rings. The van der Waals surface area contributed by atoms with Crippen molar-refractivity contribution in [1.29, 1.82) is 0 Å². The van der Waals surface area contributed by atoms with E-state index in [0.717, 1.165) is 16.7 Å². The maximum absolute atomic E-state index is 13.1. The fourth-order valence-electron chi connectivity index (χ4n) is 3.25. The second-order valence-corrected chi connectivity index (χ2v) is 7.36. The summed E-state index contributed by atoms with van der Waals surface area (Å²) in [7, 11) is 0. The SMILES string of the molecule is CCNC(=O)C(CC)N(Cc1cccc(C)c1)C(=O)COc1ccc(C)c(C)c1. The van der Waals surface area contributed by atoms with Gasteiger partial charge in [0.2, 0.25) is 5.91 Å². The van der Waals surface area contributed by atoms with Gasteiger partial charge in [-0.05, 0) is 62.9 Å². The Kier molecular flexibility index (Phi) is 8.25. The van der Waals surface area contributed by atoms with Gasteiger partial charge in [0.15, 0.2) is 6.61 Å². The molecule has 0 radical (unpaired) electrons. The second kappa shape index (κ2) is 10.6. The minimum Gasteiger partial charge on any atom is -0.484 e. The van der Waals surface area contributed by atoms with E-state index in [1.165, 1.54) is 5.56 Å². The van der Waals surface area contributed by atoms with Gasteiger partial charge in [0, 0.05) is 13.1 Å². The molecule has 0 bridgehead atoms. The Bertz CT molecular complexity index is 848. The van der Waals surface area contributed by atoms with E-state index in [1.807, 2.05) is 77.1 Å². The summed E-state index contributed by atoms with van der Waals surface area (Å²) in [6.07, 6.45) is 0.535. The lowest BCUT2D eigenvalue weighted by Crippen LogP contribution is -2.50. The number of nitrogens with one attached hydrogen (secondary N) is 1. The molecule has 0 saturated heterocycles. The van der Waals surface area contributed by atoms with Crippen LogP contribution in [0.15, 0.2) is 42.5 Å². The van der Waals surface area contributed by atoms with Crippen molar-refractivity contribution in [3.8, 4) is 5.75 Å². The minimum absolute atomic E-state index is 0.107. The van der Waals surface area contributed by atoms with Gasteiger partial charge in [0.25, 0.3) is 5.91 Å². The molecule has 0 saturated carbocycles. The molecule has 5 heteroatoms. The quantitative estimate of drug-likeness (QED) is 0.699. The molecule has 156 valence electrons. The molecule has 2 rings (SSSR count). The number of nitrogens with zero attached hydrogens (tertiary/aromatic N) is 1. The molecular formula is C24H32N2O3. The van der Waals surface area contributed by atoms with E-state index in [-0.39, 0.29) is 18.4 Å². The molecule has 2 amide bonds. The Morgan fingerprint density at radius 1 is 1.03 bits per heavy atom. The zero-order chi connectivity index (χ0) is 21.4. The zero-order valence-corrected chi connectivity index (χ0v) is 18.1. The molecule has 0 spiro atoms. The van der Waals surface area contributed by atoms with E-state index in [9.17, 15) is 9.59 Å². The number of carbonyl (C=O) groups excluding carboxylic acids is 2. The highest BCUT2D eigenvalue weighted by atomic mass is 16.5. The lowest BCUT2D eigenvalue weighted by molar-refractivity contribution is -0.142. The molecule has 0 fully saturated rings. The van der Waals surface area contributed by atoms with Crippen molar-refractivity contribution in [3.05, 3.63) is 64.7 Å². The predicted molar refractivity (Wildman–Crippen MR) is 116 cm³/mol. The van der Waals surface area contributed by atoms with Crippen LogP contribution in [-0.2, 0) is 16.1 Å². The normalized spacial score (nSPS) is 11.6. The van der Waals surface area contributed by atoms with Gasteiger partial charge in [0.05, 0.1) is 0 Å². The lowest BCUT2D eigenvalue weighted by atomic mass is 10.1. The smallest absolute Gasteiger partial charge is 0.261 e. The van der Waals surface area contributed by atoms with Crippen LogP contribution in [0, 0.1) is 20.8 Å². The van der Waals surface area contributed by atoms with Crippen molar-refractivity contribution in [1.82, 2.24) is 10.2 Å². The predicted octanol–water partition coefficient (Wildman–Crippen LogP) is 3.93. The van der Waals surface area contributed by atoms with E-state index >= 15 is 0 Å². The number of hydrogen-bond acceptors (Lipinski definition) is 3. The average molecular weight is 397 g/mol. The average Bonchev–Trinajstić information content (AvgIpc) is 2.68. The second-order valence-electron chi connectivity index (χ2n) is 7.36. The number of rotatable bonds is 9. The molecule has 0 heterocycles. The number of likely N-dealkylation sites (N-methyl/N-ethyl adjacent to an activating group) is 1. The van der Waals surface area contributed by atoms with Crippen LogP contribution < -0.4 is 10.1 Å². The van der Waals surface area contributed by atoms with Crippen molar-refractivity contribution in [3.63, 3.8) is 0 Å². The summed E-state index contributed by atoms with van der Waals surface area (Å²) in [5, 5.41) is 2.84. The highest BCUT2D eigenvalue weighted by molar-refractivity contribution is 5.88. The summed E-state index contributed by atoms with van der Waals surface area (Å²) in [5.74, 6) is 0.313. The molecule has 5 nitrogen and oxygen atoms in total. The fourth-order valence-corrected chi connectivity index (χ4v) is 3.25. The third kappa shape index (κ3) is 6.34. The molecular weight excluding hydrogens is 364 g/mol. The Morgan fingerprint density at radius 2 is 1.79 bits per heavy atom. The Hall–Kier alpha value is -2.82. The van der Waals surface area contributed by atoms with E-state index in [0.29, 0.717) is 25.3 Å². The van der Waals surface area contributed by atoms with Crippen LogP contribution in [0.4, 0.5) is 0 Å². The summed E-state index contributed by atoms with van der Waals surface area (Å²) in [6, 6.07) is 13.2. The number of carbonyl (C=O) groups is 2. The van der Waals surface area contributed by atoms with Gasteiger partial charge in [-0.1, -0.05) is 42.8 Å². The van der Waals surface area contributed by atoms with Crippen molar-refractivity contribution in [2.45, 2.75) is 53.6 Å². The van der Waals surface area contributed by atoms with Gasteiger partial charge < -0.3 is 15.0 Å². The summed E-state index contributed by atoms with van der Waals surface area (Å²) < 4.78 is 5.76. The van der Waals surface area contributed by atoms with Crippen LogP contribution >= 0.6 is 0 Å². The van der Waals surface area contributed by atoms with Crippen LogP contribution in [0.25, 0.3) is 0 Å². The van der Waals surface area contributed by atoms with E-state index < -0.39 is 6.04 Å². The standard InChI is InChI=1S/C24H32N2O3/c1-6-22(24(28)25-7-2)26(15-20-10-8-9-17(3)13-20)23(27)16-29-21-12-11-18(4)19(5)14-21/h8-14,22H,6-7,15-16H2,1-5H3,(H,25,28). The maximum atomic E-state index is 13.1. The number of amides is 2. The third-order valence-electron chi connectivity index (χ3n) is 5.01. The van der Waals surface area contributed by atoms with E-state index in [2.05, 4.69) is 5.32 Å². The Morgan fingerprint density at radius 3 is 2.41 bits per heavy atom. The van der Waals surface area contributed by atoms with Crippen molar-refractivity contribution in [2.75, 3.05) is 13.2 Å². The molecule has 2 aromatic rings. The largest absolute Gasteiger partial charge is 0.484 e. The molecule has 1 atom stereocenters. The van der Waals surface area contributed by atoms with Gasteiger partial charge in [-0.3, -0.25) is 9.59 Å². The van der Waals surface area contributed by atoms with E-state index in [1.54, 1.807) is 4.90 Å². The highest BCUT2D eigenvalue weighted by Crippen LogP contribution is 2.18. The molecule has 2 aromatic carbocycles. The number of hydrogen-bond donors (Lipinski definition) is 1. The van der Waals surface area contributed by atoms with Gasteiger partial charge in [-0.25, -0.2) is 0 Å². The van der Waals surface area contributed by atoms with Gasteiger partial charge in [-0.2, -0.15) is 0 Å². The summed E-state index contributed by atoms with van der Waals surface area (Å²) >= 11 is 0. The monoisotopic (exact) mass is 396 g/mol. The molecule has 29 heavy (non-hydrogen) atoms. The van der Waals surface area contributed by atoms with Crippen LogP contribution in [0.1, 0.15) is 42.5 Å². The third-order valence-corrected chi connectivity index (χ3v) is 5.01. The molecule has 0 aliphatic carbocycles. The van der Waals surface area contributed by atoms with Crippen molar-refractivity contribution < 1.29 is 14.3 Å². The Labute approximate surface area is 174 Å². The van der Waals surface area contributed by atoms with Crippen molar-refractivity contribution in [2.24, 2.45) is 0 Å². The summed E-state index contributed by atoms with van der Waals surface area (Å²) in [4.78, 5) is 27.3. The molecule has 0 aromatic heterocycles. The number of aryl methyl sites for hydroxylation is 3. The molecule has 1 N–H and O–H groups in total. The first-order valence-corrected chi connectivity index (χ1v) is 10.2. The maximum Gasteiger partial charge on any atom is 0.261 e. The minimum atomic E-state index is -0.536. The summed E-state index contributed by atoms with van der Waals surface area (Å²) in [5.41, 5.74) is 4.40. The highest BCUT2D eigenvalue weighted by Gasteiger charge is 2.28. The molecule has 0 aliphatic heterocycles. The number of ether oxygens (including phenoxy) is 1. The summed E-state index contributed by atoms with van der Waals surface area (Å²) in [6.45, 7) is 10.6. The first kappa shape index (κ1) is 22.5. The van der Waals surface area contributed by atoms with Crippen LogP contribution in [0.3, 0.4) is 0 Å². The number of benzene rings is 2. The van der Waals surface area contributed by atoms with Crippen molar-refractivity contribution >= 4 is 11.8 Å². The zero-order valence-electron chi connectivity index (χ0n) is 18.1. The first-order valence-electron chi connectivity index (χ1n) is 10.2. The van der Waals surface area contributed by atoms with Crippen LogP contribution in [0.5, 0.6) is 5.75 Å². The fraction of sp³-hybridized carbons (Fsp3) is 0.417. The Balaban J connectivity index is 2.20. The van der Waals surface area contributed by atoms with Crippen LogP contribution in [0.2, 0.25) is 0 Å². The topological polar surface area (TPSA) is 58.6 Å². The van der Waals surface area contributed by atoms with Crippen LogP contribution in [-0.4, -0.2) is 35.9 Å². The van der Waals surface area contributed by atoms with E-state index in [4.69, 9.17) is 4.74 Å². The molecule has 1 unspecified atom stereocenters.